The topological polar surface area (TPSA) is 99.4 Å². The highest BCUT2D eigenvalue weighted by Gasteiger charge is 2.44. The first kappa shape index (κ1) is 15.4. The maximum Gasteiger partial charge on any atom is 0.184 e. The second kappa shape index (κ2) is 7.12. The molecule has 0 spiro atoms. The largest absolute Gasteiger partial charge is 0.394 e. The van der Waals surface area contributed by atoms with Gasteiger partial charge in [-0.25, -0.2) is 0 Å². The van der Waals surface area contributed by atoms with E-state index in [1.807, 2.05) is 30.3 Å². The summed E-state index contributed by atoms with van der Waals surface area (Å²) in [5.74, 6) is 0. The first-order valence-corrected chi connectivity index (χ1v) is 6.59. The van der Waals surface area contributed by atoms with Gasteiger partial charge in [-0.3, -0.25) is 0 Å². The van der Waals surface area contributed by atoms with Crippen LogP contribution in [-0.2, 0) is 15.9 Å². The third kappa shape index (κ3) is 3.54. The lowest BCUT2D eigenvalue weighted by Gasteiger charge is -2.39. The number of benzene rings is 1. The van der Waals surface area contributed by atoms with Crippen molar-refractivity contribution in [3.05, 3.63) is 35.9 Å². The van der Waals surface area contributed by atoms with Gasteiger partial charge >= 0.3 is 0 Å². The first-order chi connectivity index (χ1) is 9.63. The molecule has 1 aromatic rings. The molecule has 1 aromatic carbocycles. The highest BCUT2D eigenvalue weighted by Crippen LogP contribution is 2.22. The molecule has 5 atom stereocenters. The fraction of sp³-hybridized carbons (Fsp3) is 0.571. The van der Waals surface area contributed by atoms with Crippen LogP contribution in [0.25, 0.3) is 0 Å². The van der Waals surface area contributed by atoms with Gasteiger partial charge in [0.05, 0.1) is 13.2 Å². The molecule has 20 heavy (non-hydrogen) atoms. The Kier molecular flexibility index (Phi) is 5.47. The van der Waals surface area contributed by atoms with Crippen LogP contribution in [-0.4, -0.2) is 64.3 Å². The van der Waals surface area contributed by atoms with Crippen molar-refractivity contribution < 1.29 is 29.9 Å². The molecule has 6 nitrogen and oxygen atoms in total. The number of hydrogen-bond donors (Lipinski definition) is 4. The quantitative estimate of drug-likeness (QED) is 0.556. The van der Waals surface area contributed by atoms with Gasteiger partial charge < -0.3 is 29.9 Å². The zero-order chi connectivity index (χ0) is 14.5. The van der Waals surface area contributed by atoms with E-state index >= 15 is 0 Å². The van der Waals surface area contributed by atoms with Crippen LogP contribution in [0.1, 0.15) is 5.56 Å². The predicted molar refractivity (Wildman–Crippen MR) is 69.9 cm³/mol. The first-order valence-electron chi connectivity index (χ1n) is 6.59. The number of hydrogen-bond acceptors (Lipinski definition) is 6. The van der Waals surface area contributed by atoms with E-state index in [0.717, 1.165) is 5.56 Å². The monoisotopic (exact) mass is 284 g/mol. The van der Waals surface area contributed by atoms with Crippen molar-refractivity contribution in [2.45, 2.75) is 37.1 Å². The van der Waals surface area contributed by atoms with Gasteiger partial charge in [0.25, 0.3) is 0 Å². The van der Waals surface area contributed by atoms with E-state index in [2.05, 4.69) is 0 Å². The van der Waals surface area contributed by atoms with Crippen molar-refractivity contribution in [1.29, 1.82) is 0 Å². The van der Waals surface area contributed by atoms with Crippen LogP contribution in [0.3, 0.4) is 0 Å². The molecule has 0 bridgehead atoms. The minimum absolute atomic E-state index is 0.280. The maximum atomic E-state index is 9.88. The van der Waals surface area contributed by atoms with Crippen molar-refractivity contribution in [1.82, 2.24) is 0 Å². The lowest BCUT2D eigenvalue weighted by molar-refractivity contribution is -0.296. The van der Waals surface area contributed by atoms with Crippen molar-refractivity contribution in [3.63, 3.8) is 0 Å². The van der Waals surface area contributed by atoms with E-state index in [1.165, 1.54) is 0 Å². The van der Waals surface area contributed by atoms with Gasteiger partial charge in [-0.2, -0.15) is 0 Å². The fourth-order valence-electron chi connectivity index (χ4n) is 2.21. The molecular formula is C14H20O6. The van der Waals surface area contributed by atoms with Gasteiger partial charge in [-0.1, -0.05) is 30.3 Å². The van der Waals surface area contributed by atoms with Gasteiger partial charge in [0.1, 0.15) is 24.4 Å². The molecule has 0 saturated carbocycles. The summed E-state index contributed by atoms with van der Waals surface area (Å²) in [5, 5.41) is 38.3. The summed E-state index contributed by atoms with van der Waals surface area (Å²) in [7, 11) is 0. The third-order valence-electron chi connectivity index (χ3n) is 3.39. The molecule has 2 rings (SSSR count). The van der Waals surface area contributed by atoms with Crippen LogP contribution >= 0.6 is 0 Å². The number of ether oxygens (including phenoxy) is 2. The predicted octanol–water partition coefficient (Wildman–Crippen LogP) is -0.954. The van der Waals surface area contributed by atoms with E-state index in [4.69, 9.17) is 14.6 Å². The minimum Gasteiger partial charge on any atom is -0.394 e. The van der Waals surface area contributed by atoms with E-state index in [0.29, 0.717) is 6.42 Å². The Morgan fingerprint density at radius 2 is 1.75 bits per heavy atom. The van der Waals surface area contributed by atoms with E-state index in [-0.39, 0.29) is 6.61 Å². The van der Waals surface area contributed by atoms with E-state index < -0.39 is 37.3 Å². The van der Waals surface area contributed by atoms with Crippen LogP contribution in [0, 0.1) is 0 Å². The molecule has 1 fully saturated rings. The van der Waals surface area contributed by atoms with Crippen molar-refractivity contribution >= 4 is 0 Å². The zero-order valence-corrected chi connectivity index (χ0v) is 11.0. The molecule has 6 heteroatoms. The summed E-state index contributed by atoms with van der Waals surface area (Å²) < 4.78 is 10.4. The second-order valence-corrected chi connectivity index (χ2v) is 4.80. The number of aliphatic hydroxyl groups excluding tert-OH is 4. The SMILES string of the molecule is OC[C@H]1O[C@@H](O)[C@H](OCCc2ccccc2)[C@@H](O)[C@H]1O. The highest BCUT2D eigenvalue weighted by atomic mass is 16.7. The molecule has 0 aromatic heterocycles. The highest BCUT2D eigenvalue weighted by molar-refractivity contribution is 5.14. The summed E-state index contributed by atoms with van der Waals surface area (Å²) in [5.41, 5.74) is 1.07. The Labute approximate surface area is 117 Å². The number of rotatable bonds is 5. The van der Waals surface area contributed by atoms with Crippen LogP contribution in [0.15, 0.2) is 30.3 Å². The molecule has 1 aliphatic heterocycles. The minimum atomic E-state index is -1.37. The van der Waals surface area contributed by atoms with Gasteiger partial charge in [0.15, 0.2) is 6.29 Å². The summed E-state index contributed by atoms with van der Waals surface area (Å²) >= 11 is 0. The zero-order valence-electron chi connectivity index (χ0n) is 11.0. The Balaban J connectivity index is 1.85. The van der Waals surface area contributed by atoms with Gasteiger partial charge in [-0.15, -0.1) is 0 Å². The molecule has 1 saturated heterocycles. The van der Waals surface area contributed by atoms with Crippen molar-refractivity contribution in [2.75, 3.05) is 13.2 Å². The summed E-state index contributed by atoms with van der Waals surface area (Å²) in [6.07, 6.45) is -5.38. The fourth-order valence-corrected chi connectivity index (χ4v) is 2.21. The van der Waals surface area contributed by atoms with Crippen LogP contribution in [0.5, 0.6) is 0 Å². The Bertz CT molecular complexity index is 398. The summed E-state index contributed by atoms with van der Waals surface area (Å²) in [6, 6.07) is 9.64. The summed E-state index contributed by atoms with van der Waals surface area (Å²) in [6.45, 7) is -0.200. The lowest BCUT2D eigenvalue weighted by Crippen LogP contribution is -2.59. The Morgan fingerprint density at radius 3 is 2.40 bits per heavy atom. The lowest BCUT2D eigenvalue weighted by atomic mass is 9.99. The standard InChI is InChI=1S/C14H20O6/c15-8-10-11(16)12(17)13(14(18)20-10)19-7-6-9-4-2-1-3-5-9/h1-5,10-18H,6-8H2/t10-,11+,12+,13-,14-/m1/s1. The van der Waals surface area contributed by atoms with Gasteiger partial charge in [0, 0.05) is 0 Å². The smallest absolute Gasteiger partial charge is 0.184 e. The molecule has 1 heterocycles. The average Bonchev–Trinajstić information content (AvgIpc) is 2.47. The molecule has 0 radical (unpaired) electrons. The third-order valence-corrected chi connectivity index (χ3v) is 3.39. The van der Waals surface area contributed by atoms with Gasteiger partial charge in [0.2, 0.25) is 0 Å². The van der Waals surface area contributed by atoms with Crippen molar-refractivity contribution in [2.24, 2.45) is 0 Å². The maximum absolute atomic E-state index is 9.88. The molecule has 0 amide bonds. The summed E-state index contributed by atoms with van der Waals surface area (Å²) in [4.78, 5) is 0. The van der Waals surface area contributed by atoms with Gasteiger partial charge in [-0.05, 0) is 12.0 Å². The van der Waals surface area contributed by atoms with Crippen LogP contribution in [0.4, 0.5) is 0 Å². The van der Waals surface area contributed by atoms with Crippen LogP contribution in [0.2, 0.25) is 0 Å². The molecule has 0 aliphatic carbocycles. The van der Waals surface area contributed by atoms with Crippen molar-refractivity contribution in [3.8, 4) is 0 Å². The molecule has 4 N–H and O–H groups in total. The molecular weight excluding hydrogens is 264 g/mol. The Hall–Kier alpha value is -1.02. The average molecular weight is 284 g/mol. The second-order valence-electron chi connectivity index (χ2n) is 4.80. The number of aliphatic hydroxyl groups is 4. The van der Waals surface area contributed by atoms with E-state index in [9.17, 15) is 15.3 Å². The van der Waals surface area contributed by atoms with Crippen LogP contribution < -0.4 is 0 Å². The molecule has 0 unspecified atom stereocenters. The van der Waals surface area contributed by atoms with E-state index in [1.54, 1.807) is 0 Å². The normalized spacial score (nSPS) is 34.1. The Morgan fingerprint density at radius 1 is 1.05 bits per heavy atom. The molecule has 112 valence electrons. The molecule has 1 aliphatic rings.